The summed E-state index contributed by atoms with van der Waals surface area (Å²) in [6, 6.07) is 0. The Bertz CT molecular complexity index is 80.0. The van der Waals surface area contributed by atoms with Gasteiger partial charge in [0, 0.05) is 0 Å². The van der Waals surface area contributed by atoms with E-state index >= 15 is 0 Å². The molecule has 0 atom stereocenters. The van der Waals surface area contributed by atoms with Gasteiger partial charge in [-0.3, -0.25) is 0 Å². The van der Waals surface area contributed by atoms with Crippen LogP contribution in [0.25, 0.3) is 0 Å². The molecule has 0 aliphatic rings. The van der Waals surface area contributed by atoms with Crippen molar-refractivity contribution in [2.75, 3.05) is 0 Å². The van der Waals surface area contributed by atoms with E-state index in [4.69, 9.17) is 19.8 Å². The molecule has 0 bridgehead atoms. The quantitative estimate of drug-likeness (QED) is 0.314. The van der Waals surface area contributed by atoms with Crippen molar-refractivity contribution in [2.45, 2.75) is 0 Å². The number of hydrogen-bond donors (Lipinski definition) is 0. The second-order valence-electron chi connectivity index (χ2n) is 0.575. The molecule has 0 unspecified atom stereocenters. The third-order valence-corrected chi connectivity index (χ3v) is 0.167. The van der Waals surface area contributed by atoms with Crippen LogP contribution in [0.15, 0.2) is 0 Å². The van der Waals surface area contributed by atoms with Gasteiger partial charge in [0.05, 0.1) is 11.9 Å². The summed E-state index contributed by atoms with van der Waals surface area (Å²) in [5, 5.41) is 17.9. The van der Waals surface area contributed by atoms with Gasteiger partial charge in [0.15, 0.2) is 0 Å². The molecule has 0 aromatic carbocycles. The van der Waals surface area contributed by atoms with Gasteiger partial charge in [-0.25, -0.2) is 0 Å². The van der Waals surface area contributed by atoms with Gasteiger partial charge in [-0.05, 0) is 0 Å². The molecule has 0 spiro atoms. The van der Waals surface area contributed by atoms with Crippen LogP contribution in [-0.4, -0.2) is 35.8 Å². The van der Waals surface area contributed by atoms with Crippen molar-refractivity contribution in [3.05, 3.63) is 0 Å². The molecule has 0 rings (SSSR count). The van der Waals surface area contributed by atoms with Crippen molar-refractivity contribution in [2.24, 2.45) is 0 Å². The molecule has 0 amide bonds. The summed E-state index contributed by atoms with van der Waals surface area (Å²) in [6.45, 7) is 0. The molecule has 0 saturated carbocycles. The molecule has 34 valence electrons. The smallest absolute Gasteiger partial charge is 0.543 e. The average Bonchev–Trinajstić information content (AvgIpc) is 1.36. The van der Waals surface area contributed by atoms with Gasteiger partial charge in [0.1, 0.15) is 0 Å². The maximum absolute atomic E-state index is 8.93. The van der Waals surface area contributed by atoms with Gasteiger partial charge in [-0.15, -0.1) is 0 Å². The number of carboxylic acid groups (broad SMARTS) is 2. The zero-order valence-corrected chi connectivity index (χ0v) is 10.1. The van der Waals surface area contributed by atoms with Crippen LogP contribution in [0, 0.1) is 0 Å². The molecule has 8 heavy (non-hydrogen) atoms. The van der Waals surface area contributed by atoms with Crippen LogP contribution in [0.4, 0.5) is 0 Å². The fraction of sp³-hybridized carbons (Fsp3) is 0. The van der Waals surface area contributed by atoms with E-state index in [1.54, 1.807) is 0 Å². The summed E-state index contributed by atoms with van der Waals surface area (Å²) < 4.78 is 0. The summed E-state index contributed by atoms with van der Waals surface area (Å²) in [6.07, 6.45) is 0. The molecule has 0 heterocycles. The van der Waals surface area contributed by atoms with Crippen molar-refractivity contribution in [1.29, 1.82) is 0 Å². The molecule has 0 aliphatic heterocycles. The van der Waals surface area contributed by atoms with E-state index in [1.807, 2.05) is 0 Å². The Kier molecular flexibility index (Phi) is 16.9. The number of carbonyl (C=O) groups is 2. The zero-order valence-electron chi connectivity index (χ0n) is 4.13. The topological polar surface area (TPSA) is 80.3 Å². The normalized spacial score (nSPS) is 5.50. The number of carboxylic acids is 2. The molecular formula is C2KO4Sn+3. The first-order chi connectivity index (χ1) is 2.64. The van der Waals surface area contributed by atoms with Crippen molar-refractivity contribution in [1.82, 2.24) is 0 Å². The standard InChI is InChI=1S/C2H2O4.K.Sn/c3-1(4)2(5)6;;/h(H,3,4)(H,5,6);;/q;+1;+4/p-2. The van der Waals surface area contributed by atoms with E-state index in [0.29, 0.717) is 0 Å². The van der Waals surface area contributed by atoms with Crippen molar-refractivity contribution < 1.29 is 71.2 Å². The average molecular weight is 246 g/mol. The van der Waals surface area contributed by atoms with E-state index in [0.717, 1.165) is 0 Å². The van der Waals surface area contributed by atoms with E-state index in [-0.39, 0.29) is 75.3 Å². The molecule has 0 fully saturated rings. The second-order valence-corrected chi connectivity index (χ2v) is 0.575. The molecule has 0 aromatic heterocycles. The molecule has 0 aromatic rings. The van der Waals surface area contributed by atoms with E-state index in [2.05, 4.69) is 0 Å². The molecule has 0 saturated heterocycles. The maximum atomic E-state index is 8.93. The van der Waals surface area contributed by atoms with E-state index in [1.165, 1.54) is 0 Å². The van der Waals surface area contributed by atoms with Gasteiger partial charge in [0.25, 0.3) is 0 Å². The number of hydrogen-bond acceptors (Lipinski definition) is 4. The van der Waals surface area contributed by atoms with E-state index < -0.39 is 11.9 Å². The molecular weight excluding hydrogens is 246 g/mol. The predicted molar refractivity (Wildman–Crippen MR) is 15.8 cm³/mol. The van der Waals surface area contributed by atoms with Crippen LogP contribution in [0.3, 0.4) is 0 Å². The van der Waals surface area contributed by atoms with Gasteiger partial charge in [-0.1, -0.05) is 0 Å². The van der Waals surface area contributed by atoms with Gasteiger partial charge < -0.3 is 19.8 Å². The Labute approximate surface area is 105 Å². The minimum absolute atomic E-state index is 0. The monoisotopic (exact) mass is 247 g/mol. The van der Waals surface area contributed by atoms with Crippen LogP contribution in [0.2, 0.25) is 0 Å². The fourth-order valence-corrected chi connectivity index (χ4v) is 0. The Hall–Kier alpha value is 1.38. The summed E-state index contributed by atoms with van der Waals surface area (Å²) in [5.41, 5.74) is 0. The predicted octanol–water partition coefficient (Wildman–Crippen LogP) is -6.89. The summed E-state index contributed by atoms with van der Waals surface area (Å²) in [5.74, 6) is -4.37. The van der Waals surface area contributed by atoms with Crippen molar-refractivity contribution >= 4 is 35.8 Å². The van der Waals surface area contributed by atoms with E-state index in [9.17, 15) is 0 Å². The third-order valence-electron chi connectivity index (χ3n) is 0.167. The van der Waals surface area contributed by atoms with Crippen LogP contribution in [-0.2, 0) is 9.59 Å². The molecule has 6 heteroatoms. The molecule has 4 nitrogen and oxygen atoms in total. The Morgan fingerprint density at radius 1 is 1.00 bits per heavy atom. The van der Waals surface area contributed by atoms with Crippen LogP contribution < -0.4 is 61.6 Å². The first-order valence-electron chi connectivity index (χ1n) is 1.07. The first kappa shape index (κ1) is 16.2. The largest absolute Gasteiger partial charge is 4.00 e. The molecule has 0 N–H and O–H groups in total. The summed E-state index contributed by atoms with van der Waals surface area (Å²) in [7, 11) is 0. The van der Waals surface area contributed by atoms with Gasteiger partial charge in [-0.2, -0.15) is 0 Å². The number of carbonyl (C=O) groups excluding carboxylic acids is 2. The summed E-state index contributed by atoms with van der Waals surface area (Å²) >= 11 is 0. The second kappa shape index (κ2) is 8.38. The minimum atomic E-state index is -2.19. The molecule has 0 aliphatic carbocycles. The number of rotatable bonds is 0. The van der Waals surface area contributed by atoms with Crippen LogP contribution in [0.5, 0.6) is 0 Å². The third kappa shape index (κ3) is 10.4. The Balaban J connectivity index is -0.000000125. The maximum Gasteiger partial charge on any atom is 4.00 e. The van der Waals surface area contributed by atoms with Gasteiger partial charge >= 0.3 is 75.3 Å². The number of aliphatic carboxylic acids is 2. The minimum Gasteiger partial charge on any atom is -0.543 e. The fourth-order valence-electron chi connectivity index (χ4n) is 0. The molecule has 0 radical (unpaired) electrons. The Morgan fingerprint density at radius 3 is 1.12 bits per heavy atom. The van der Waals surface area contributed by atoms with Crippen molar-refractivity contribution in [3.63, 3.8) is 0 Å². The SMILES string of the molecule is O=C([O-])C(=O)[O-].[K+].[Sn+4]. The van der Waals surface area contributed by atoms with Crippen molar-refractivity contribution in [3.8, 4) is 0 Å². The van der Waals surface area contributed by atoms with Crippen LogP contribution in [0.1, 0.15) is 0 Å². The summed E-state index contributed by atoms with van der Waals surface area (Å²) in [4.78, 5) is 17.9. The zero-order chi connectivity index (χ0) is 5.15. The Morgan fingerprint density at radius 2 is 1.12 bits per heavy atom. The first-order valence-corrected chi connectivity index (χ1v) is 1.07. The van der Waals surface area contributed by atoms with Crippen LogP contribution >= 0.6 is 0 Å². The van der Waals surface area contributed by atoms with Gasteiger partial charge in [0.2, 0.25) is 0 Å².